The molecule has 2 N–H and O–H groups in total. The van der Waals surface area contributed by atoms with Crippen molar-refractivity contribution < 1.29 is 18.7 Å². The molecule has 1 amide bonds. The summed E-state index contributed by atoms with van der Waals surface area (Å²) in [4.78, 5) is 24.9. The second-order valence-corrected chi connectivity index (χ2v) is 7.61. The van der Waals surface area contributed by atoms with Crippen LogP contribution in [0.3, 0.4) is 0 Å². The maximum absolute atomic E-state index is 12.6. The van der Waals surface area contributed by atoms with E-state index in [-0.39, 0.29) is 24.5 Å². The van der Waals surface area contributed by atoms with Crippen LogP contribution in [0.2, 0.25) is 0 Å². The molecule has 30 heavy (non-hydrogen) atoms. The number of hydrogen-bond donors (Lipinski definition) is 2. The molecular formula is C24H23NO5. The molecule has 154 valence electrons. The molecule has 4 aromatic rings. The van der Waals surface area contributed by atoms with Gasteiger partial charge in [-0.1, -0.05) is 30.3 Å². The van der Waals surface area contributed by atoms with Gasteiger partial charge < -0.3 is 19.3 Å². The first-order valence-corrected chi connectivity index (χ1v) is 9.83. The van der Waals surface area contributed by atoms with Crippen LogP contribution in [0.4, 0.5) is 0 Å². The molecule has 0 saturated carbocycles. The highest BCUT2D eigenvalue weighted by Crippen LogP contribution is 2.38. The Labute approximate surface area is 173 Å². The smallest absolute Gasteiger partial charge is 0.340 e. The minimum Gasteiger partial charge on any atom is -0.463 e. The van der Waals surface area contributed by atoms with Crippen molar-refractivity contribution in [2.24, 2.45) is 0 Å². The van der Waals surface area contributed by atoms with E-state index >= 15 is 0 Å². The van der Waals surface area contributed by atoms with E-state index in [4.69, 9.17) is 13.9 Å². The van der Waals surface area contributed by atoms with Crippen molar-refractivity contribution in [3.63, 3.8) is 0 Å². The summed E-state index contributed by atoms with van der Waals surface area (Å²) in [5, 5.41) is 13.4. The zero-order chi connectivity index (χ0) is 21.4. The Kier molecular flexibility index (Phi) is 5.18. The average Bonchev–Trinajstić information content (AvgIpc) is 3.17. The lowest BCUT2D eigenvalue weighted by Gasteiger charge is -2.12. The summed E-state index contributed by atoms with van der Waals surface area (Å²) < 4.78 is 11.5. The topological polar surface area (TPSA) is 92.7 Å². The van der Waals surface area contributed by atoms with Gasteiger partial charge in [0.15, 0.2) is 0 Å². The Bertz CT molecular complexity index is 1300. The molecule has 0 aliphatic heterocycles. The zero-order valence-electron chi connectivity index (χ0n) is 17.1. The van der Waals surface area contributed by atoms with Crippen molar-refractivity contribution in [2.45, 2.75) is 33.2 Å². The van der Waals surface area contributed by atoms with Gasteiger partial charge in [0.05, 0.1) is 30.2 Å². The highest BCUT2D eigenvalue weighted by atomic mass is 16.4. The van der Waals surface area contributed by atoms with Crippen molar-refractivity contribution in [1.82, 2.24) is 5.32 Å². The van der Waals surface area contributed by atoms with Crippen LogP contribution in [0, 0.1) is 13.8 Å². The molecule has 6 heteroatoms. The van der Waals surface area contributed by atoms with Gasteiger partial charge in [-0.2, -0.15) is 0 Å². The molecule has 0 bridgehead atoms. The summed E-state index contributed by atoms with van der Waals surface area (Å²) in [7, 11) is 0. The maximum Gasteiger partial charge on any atom is 0.340 e. The number of carbonyl (C=O) groups is 1. The average molecular weight is 405 g/mol. The second kappa shape index (κ2) is 7.80. The third kappa shape index (κ3) is 3.39. The molecule has 0 fully saturated rings. The van der Waals surface area contributed by atoms with Crippen LogP contribution in [0.25, 0.3) is 33.1 Å². The number of aliphatic hydroxyl groups is 1. The molecule has 1 atom stereocenters. The van der Waals surface area contributed by atoms with Crippen molar-refractivity contribution in [2.75, 3.05) is 6.61 Å². The summed E-state index contributed by atoms with van der Waals surface area (Å²) >= 11 is 0. The van der Waals surface area contributed by atoms with Gasteiger partial charge >= 0.3 is 5.63 Å². The largest absolute Gasteiger partial charge is 0.463 e. The summed E-state index contributed by atoms with van der Waals surface area (Å²) in [6.07, 6.45) is 1.59. The second-order valence-electron chi connectivity index (χ2n) is 7.61. The van der Waals surface area contributed by atoms with Gasteiger partial charge in [0, 0.05) is 17.0 Å². The van der Waals surface area contributed by atoms with Gasteiger partial charge in [-0.3, -0.25) is 4.79 Å². The number of aliphatic hydroxyl groups excluding tert-OH is 1. The molecule has 0 unspecified atom stereocenters. The quantitative estimate of drug-likeness (QED) is 0.492. The lowest BCUT2D eigenvalue weighted by molar-refractivity contribution is -0.121. The number of aryl methyl sites for hydroxylation is 2. The van der Waals surface area contributed by atoms with Crippen LogP contribution in [0.5, 0.6) is 0 Å². The van der Waals surface area contributed by atoms with Crippen LogP contribution < -0.4 is 10.9 Å². The number of carbonyl (C=O) groups excluding carboxylic acids is 1. The SMILES string of the molecule is Cc1cc2oc(=O)c(CC(=O)N[C@@H](C)CO)c(C)c2c2occ(-c3ccccc3)c12. The van der Waals surface area contributed by atoms with Crippen molar-refractivity contribution in [3.8, 4) is 11.1 Å². The van der Waals surface area contributed by atoms with Gasteiger partial charge in [-0.25, -0.2) is 4.79 Å². The predicted octanol–water partition coefficient (Wildman–Crippen LogP) is 3.86. The van der Waals surface area contributed by atoms with Crippen LogP contribution in [0.15, 0.2) is 56.3 Å². The van der Waals surface area contributed by atoms with E-state index < -0.39 is 11.7 Å². The van der Waals surface area contributed by atoms with Crippen LogP contribution >= 0.6 is 0 Å². The molecule has 4 rings (SSSR count). The molecule has 6 nitrogen and oxygen atoms in total. The first kappa shape index (κ1) is 19.9. The minimum absolute atomic E-state index is 0.129. The number of amides is 1. The lowest BCUT2D eigenvalue weighted by Crippen LogP contribution is -2.37. The van der Waals surface area contributed by atoms with Gasteiger partial charge in [0.25, 0.3) is 0 Å². The predicted molar refractivity (Wildman–Crippen MR) is 116 cm³/mol. The van der Waals surface area contributed by atoms with Crippen LogP contribution in [-0.4, -0.2) is 23.7 Å². The Morgan fingerprint density at radius 2 is 1.90 bits per heavy atom. The fourth-order valence-corrected chi connectivity index (χ4v) is 3.85. The normalized spacial score (nSPS) is 12.4. The number of furan rings is 1. The van der Waals surface area contributed by atoms with E-state index in [1.807, 2.05) is 43.3 Å². The number of nitrogens with one attached hydrogen (secondary N) is 1. The molecule has 0 spiro atoms. The van der Waals surface area contributed by atoms with E-state index in [1.165, 1.54) is 0 Å². The first-order valence-electron chi connectivity index (χ1n) is 9.83. The van der Waals surface area contributed by atoms with Gasteiger partial charge in [-0.05, 0) is 43.5 Å². The van der Waals surface area contributed by atoms with Gasteiger partial charge in [-0.15, -0.1) is 0 Å². The molecule has 2 heterocycles. The third-order valence-electron chi connectivity index (χ3n) is 5.39. The standard InChI is InChI=1S/C24H23NO5/c1-13-9-19-22(23-21(13)18(12-29-23)16-7-5-4-6-8-16)15(3)17(24(28)30-19)10-20(27)25-14(2)11-26/h4-9,12,14,26H,10-11H2,1-3H3,(H,25,27)/t14-/m0/s1. The minimum atomic E-state index is -0.541. The van der Waals surface area contributed by atoms with Crippen LogP contribution in [-0.2, 0) is 11.2 Å². The third-order valence-corrected chi connectivity index (χ3v) is 5.39. The van der Waals surface area contributed by atoms with Gasteiger partial charge in [0.1, 0.15) is 11.2 Å². The molecular weight excluding hydrogens is 382 g/mol. The van der Waals surface area contributed by atoms with Crippen molar-refractivity contribution >= 4 is 27.8 Å². The van der Waals surface area contributed by atoms with E-state index in [2.05, 4.69) is 5.32 Å². The molecule has 2 aromatic heterocycles. The summed E-state index contributed by atoms with van der Waals surface area (Å²) in [6, 6.07) is 11.4. The monoisotopic (exact) mass is 405 g/mol. The Morgan fingerprint density at radius 1 is 1.17 bits per heavy atom. The fourth-order valence-electron chi connectivity index (χ4n) is 3.85. The molecule has 0 radical (unpaired) electrons. The Balaban J connectivity index is 1.90. The summed E-state index contributed by atoms with van der Waals surface area (Å²) in [5.74, 6) is -0.348. The summed E-state index contributed by atoms with van der Waals surface area (Å²) in [6.45, 7) is 5.27. The van der Waals surface area contributed by atoms with E-state index in [1.54, 1.807) is 20.1 Å². The highest BCUT2D eigenvalue weighted by molar-refractivity contribution is 6.11. The van der Waals surface area contributed by atoms with E-state index in [0.717, 1.165) is 22.1 Å². The Morgan fingerprint density at radius 3 is 2.60 bits per heavy atom. The number of fused-ring (bicyclic) bond motifs is 3. The van der Waals surface area contributed by atoms with Gasteiger partial charge in [0.2, 0.25) is 5.91 Å². The summed E-state index contributed by atoms with van der Waals surface area (Å²) in [5.41, 5.74) is 4.41. The van der Waals surface area contributed by atoms with Crippen molar-refractivity contribution in [1.29, 1.82) is 0 Å². The number of rotatable bonds is 5. The molecule has 2 aromatic carbocycles. The lowest BCUT2D eigenvalue weighted by atomic mass is 9.96. The molecule has 0 aliphatic rings. The van der Waals surface area contributed by atoms with Crippen LogP contribution in [0.1, 0.15) is 23.6 Å². The van der Waals surface area contributed by atoms with Crippen molar-refractivity contribution in [3.05, 3.63) is 69.8 Å². The number of hydrogen-bond acceptors (Lipinski definition) is 5. The first-order chi connectivity index (χ1) is 14.4. The fraction of sp³-hybridized carbons (Fsp3) is 0.250. The highest BCUT2D eigenvalue weighted by Gasteiger charge is 2.21. The molecule has 0 aliphatic carbocycles. The zero-order valence-corrected chi connectivity index (χ0v) is 17.1. The Hall–Kier alpha value is -3.38. The van der Waals surface area contributed by atoms with E-state index in [9.17, 15) is 9.59 Å². The maximum atomic E-state index is 12.6. The van der Waals surface area contributed by atoms with E-state index in [0.29, 0.717) is 22.1 Å². The molecule has 0 saturated heterocycles. The number of benzene rings is 2.